The first-order valence-corrected chi connectivity index (χ1v) is 5.86. The topological polar surface area (TPSA) is 26.3 Å². The van der Waals surface area contributed by atoms with Gasteiger partial charge in [-0.15, -0.1) is 0 Å². The molecule has 1 aromatic rings. The van der Waals surface area contributed by atoms with Gasteiger partial charge in [0, 0.05) is 27.9 Å². The number of hydrogen-bond donors (Lipinski definition) is 0. The van der Waals surface area contributed by atoms with E-state index in [4.69, 9.17) is 16.3 Å². The van der Waals surface area contributed by atoms with E-state index in [1.54, 1.807) is 0 Å². The van der Waals surface area contributed by atoms with Crippen LogP contribution in [0.5, 0.6) is 0 Å². The van der Waals surface area contributed by atoms with Crippen LogP contribution in [0.25, 0.3) is 0 Å². The molecule has 0 N–H and O–H groups in total. The van der Waals surface area contributed by atoms with Crippen LogP contribution in [0.1, 0.15) is 25.3 Å². The van der Waals surface area contributed by atoms with E-state index in [9.17, 15) is 4.79 Å². The fraction of sp³-hybridized carbons (Fsp3) is 0.364. The van der Waals surface area contributed by atoms with Crippen molar-refractivity contribution in [3.05, 3.63) is 33.3 Å². The number of carbonyl (C=O) groups excluding carboxylic acids is 1. The lowest BCUT2D eigenvalue weighted by Crippen LogP contribution is -2.21. The lowest BCUT2D eigenvalue weighted by molar-refractivity contribution is -0.147. The summed E-state index contributed by atoms with van der Waals surface area (Å²) in [7, 11) is 0. The Morgan fingerprint density at radius 3 is 2.80 bits per heavy atom. The van der Waals surface area contributed by atoms with Crippen LogP contribution in [0.3, 0.4) is 0 Å². The third-order valence-corrected chi connectivity index (χ3v) is 3.45. The highest BCUT2D eigenvalue weighted by atomic mass is 79.9. The summed E-state index contributed by atoms with van der Waals surface area (Å²) in [5, 5.41) is 0.626. The highest BCUT2D eigenvalue weighted by Gasteiger charge is 2.38. The lowest BCUT2D eigenvalue weighted by atomic mass is 9.93. The Bertz CT molecular complexity index is 419. The van der Waals surface area contributed by atoms with Crippen molar-refractivity contribution in [1.82, 2.24) is 0 Å². The molecule has 0 aliphatic carbocycles. The molecule has 4 heteroatoms. The molecule has 0 radical (unpaired) electrons. The standard InChI is InChI=1S/C11H10BrClO2/c1-11(5-4-10(14)15-11)8-3-2-7(12)6-9(8)13/h2-3,6H,4-5H2,1H3. The molecule has 1 aliphatic rings. The third kappa shape index (κ3) is 2.04. The molecule has 15 heavy (non-hydrogen) atoms. The minimum Gasteiger partial charge on any atom is -0.454 e. The van der Waals surface area contributed by atoms with Crippen molar-refractivity contribution < 1.29 is 9.53 Å². The zero-order valence-corrected chi connectivity index (χ0v) is 10.6. The minimum atomic E-state index is -0.561. The fourth-order valence-electron chi connectivity index (χ4n) is 1.80. The SMILES string of the molecule is CC1(c2ccc(Br)cc2Cl)CCC(=O)O1. The molecule has 0 aromatic heterocycles. The molecule has 1 unspecified atom stereocenters. The Labute approximate surface area is 102 Å². The molecular formula is C11H10BrClO2. The van der Waals surface area contributed by atoms with Gasteiger partial charge in [0.2, 0.25) is 0 Å². The van der Waals surface area contributed by atoms with E-state index in [2.05, 4.69) is 15.9 Å². The van der Waals surface area contributed by atoms with Gasteiger partial charge in [0.15, 0.2) is 0 Å². The molecule has 1 aromatic carbocycles. The molecular weight excluding hydrogens is 279 g/mol. The summed E-state index contributed by atoms with van der Waals surface area (Å²) < 4.78 is 6.24. The van der Waals surface area contributed by atoms with Crippen molar-refractivity contribution in [2.45, 2.75) is 25.4 Å². The Hall–Kier alpha value is -0.540. The van der Waals surface area contributed by atoms with Crippen LogP contribution in [-0.4, -0.2) is 5.97 Å². The monoisotopic (exact) mass is 288 g/mol. The Morgan fingerprint density at radius 1 is 1.53 bits per heavy atom. The second-order valence-electron chi connectivity index (χ2n) is 3.83. The van der Waals surface area contributed by atoms with E-state index in [0.29, 0.717) is 17.9 Å². The Kier molecular flexibility index (Phi) is 2.77. The van der Waals surface area contributed by atoms with Gasteiger partial charge in [-0.25, -0.2) is 0 Å². The minimum absolute atomic E-state index is 0.156. The smallest absolute Gasteiger partial charge is 0.306 e. The van der Waals surface area contributed by atoms with Gasteiger partial charge >= 0.3 is 5.97 Å². The normalized spacial score (nSPS) is 25.4. The number of cyclic esters (lactones) is 1. The van der Waals surface area contributed by atoms with Gasteiger partial charge in [-0.3, -0.25) is 4.79 Å². The Morgan fingerprint density at radius 2 is 2.27 bits per heavy atom. The highest BCUT2D eigenvalue weighted by molar-refractivity contribution is 9.10. The van der Waals surface area contributed by atoms with Gasteiger partial charge in [0.1, 0.15) is 5.60 Å². The first kappa shape index (κ1) is 11.0. The summed E-state index contributed by atoms with van der Waals surface area (Å²) in [6.07, 6.45) is 1.15. The van der Waals surface area contributed by atoms with E-state index in [0.717, 1.165) is 10.0 Å². The van der Waals surface area contributed by atoms with E-state index >= 15 is 0 Å². The van der Waals surface area contributed by atoms with Gasteiger partial charge in [-0.05, 0) is 19.1 Å². The van der Waals surface area contributed by atoms with Crippen LogP contribution in [0.2, 0.25) is 5.02 Å². The number of ether oxygens (including phenoxy) is 1. The van der Waals surface area contributed by atoms with Gasteiger partial charge in [-0.2, -0.15) is 0 Å². The highest BCUT2D eigenvalue weighted by Crippen LogP contribution is 2.40. The molecule has 2 nitrogen and oxygen atoms in total. The largest absolute Gasteiger partial charge is 0.454 e. The second-order valence-corrected chi connectivity index (χ2v) is 5.15. The van der Waals surface area contributed by atoms with E-state index in [-0.39, 0.29) is 5.97 Å². The summed E-state index contributed by atoms with van der Waals surface area (Å²) in [5.41, 5.74) is 0.313. The van der Waals surface area contributed by atoms with Gasteiger partial charge in [-0.1, -0.05) is 33.6 Å². The maximum atomic E-state index is 11.1. The first-order chi connectivity index (χ1) is 7.01. The summed E-state index contributed by atoms with van der Waals surface area (Å²) in [5.74, 6) is -0.156. The first-order valence-electron chi connectivity index (χ1n) is 4.69. The molecule has 1 atom stereocenters. The van der Waals surface area contributed by atoms with Crippen LogP contribution in [-0.2, 0) is 15.1 Å². The van der Waals surface area contributed by atoms with Crippen LogP contribution in [0, 0.1) is 0 Å². The van der Waals surface area contributed by atoms with Crippen LogP contribution in [0.4, 0.5) is 0 Å². The van der Waals surface area contributed by atoms with Crippen molar-refractivity contribution >= 4 is 33.5 Å². The van der Waals surface area contributed by atoms with E-state index < -0.39 is 5.60 Å². The fourth-order valence-corrected chi connectivity index (χ4v) is 2.68. The van der Waals surface area contributed by atoms with Crippen molar-refractivity contribution in [3.63, 3.8) is 0 Å². The van der Waals surface area contributed by atoms with E-state index in [1.165, 1.54) is 0 Å². The average molecular weight is 290 g/mol. The predicted molar refractivity (Wildman–Crippen MR) is 61.8 cm³/mol. The average Bonchev–Trinajstić information content (AvgIpc) is 2.46. The number of carbonyl (C=O) groups is 1. The number of rotatable bonds is 1. The molecule has 0 spiro atoms. The van der Waals surface area contributed by atoms with Crippen molar-refractivity contribution in [2.75, 3.05) is 0 Å². The summed E-state index contributed by atoms with van der Waals surface area (Å²) in [6, 6.07) is 5.61. The molecule has 0 amide bonds. The molecule has 80 valence electrons. The predicted octanol–water partition coefficient (Wildman–Crippen LogP) is 3.65. The number of benzene rings is 1. The zero-order chi connectivity index (χ0) is 11.1. The Balaban J connectivity index is 2.41. The number of halogens is 2. The lowest BCUT2D eigenvalue weighted by Gasteiger charge is -2.24. The third-order valence-electron chi connectivity index (χ3n) is 2.65. The van der Waals surface area contributed by atoms with E-state index in [1.807, 2.05) is 25.1 Å². The summed E-state index contributed by atoms with van der Waals surface area (Å²) in [6.45, 7) is 1.90. The number of esters is 1. The molecule has 2 rings (SSSR count). The molecule has 1 fully saturated rings. The molecule has 0 bridgehead atoms. The van der Waals surface area contributed by atoms with Crippen LogP contribution < -0.4 is 0 Å². The zero-order valence-electron chi connectivity index (χ0n) is 8.22. The molecule has 0 saturated carbocycles. The molecule has 1 aliphatic heterocycles. The second kappa shape index (κ2) is 3.80. The van der Waals surface area contributed by atoms with Crippen LogP contribution in [0.15, 0.2) is 22.7 Å². The van der Waals surface area contributed by atoms with Crippen molar-refractivity contribution in [3.8, 4) is 0 Å². The molecule has 1 heterocycles. The number of hydrogen-bond acceptors (Lipinski definition) is 2. The molecule has 1 saturated heterocycles. The summed E-state index contributed by atoms with van der Waals surface area (Å²) in [4.78, 5) is 11.1. The maximum Gasteiger partial charge on any atom is 0.306 e. The maximum absolute atomic E-state index is 11.1. The van der Waals surface area contributed by atoms with Crippen molar-refractivity contribution in [2.24, 2.45) is 0 Å². The quantitative estimate of drug-likeness (QED) is 0.738. The van der Waals surface area contributed by atoms with Crippen LogP contribution >= 0.6 is 27.5 Å². The van der Waals surface area contributed by atoms with Gasteiger partial charge in [0.25, 0.3) is 0 Å². The summed E-state index contributed by atoms with van der Waals surface area (Å²) >= 11 is 9.47. The van der Waals surface area contributed by atoms with Gasteiger partial charge < -0.3 is 4.74 Å². The van der Waals surface area contributed by atoms with Crippen molar-refractivity contribution in [1.29, 1.82) is 0 Å². The van der Waals surface area contributed by atoms with Gasteiger partial charge in [0.05, 0.1) is 0 Å².